The van der Waals surface area contributed by atoms with Crippen molar-refractivity contribution in [2.24, 2.45) is 0 Å². The molecule has 19 heavy (non-hydrogen) atoms. The molecule has 0 amide bonds. The summed E-state index contributed by atoms with van der Waals surface area (Å²) in [6, 6.07) is 6.32. The first-order valence-electron chi connectivity index (χ1n) is 6.61. The van der Waals surface area contributed by atoms with Gasteiger partial charge in [0.25, 0.3) is 0 Å². The molecule has 1 unspecified atom stereocenters. The zero-order valence-corrected chi connectivity index (χ0v) is 12.4. The number of ether oxygens (including phenoxy) is 3. The molecule has 0 fully saturated rings. The molecule has 0 saturated carbocycles. The third kappa shape index (κ3) is 5.19. The fraction of sp³-hybridized carbons (Fsp3) is 0.600. The summed E-state index contributed by atoms with van der Waals surface area (Å²) in [5.41, 5.74) is 2.35. The van der Waals surface area contributed by atoms with Gasteiger partial charge in [-0.05, 0) is 26.5 Å². The number of likely N-dealkylation sites (N-methyl/N-ethyl adjacent to an activating group) is 1. The second kappa shape index (κ2) is 8.91. The average molecular weight is 267 g/mol. The quantitative estimate of drug-likeness (QED) is 0.697. The van der Waals surface area contributed by atoms with Crippen molar-refractivity contribution in [3.05, 3.63) is 29.3 Å². The first kappa shape index (κ1) is 16.0. The van der Waals surface area contributed by atoms with E-state index in [4.69, 9.17) is 14.2 Å². The molecule has 108 valence electrons. The molecule has 0 aromatic heterocycles. The van der Waals surface area contributed by atoms with Crippen molar-refractivity contribution in [3.63, 3.8) is 0 Å². The van der Waals surface area contributed by atoms with E-state index in [0.29, 0.717) is 13.2 Å². The van der Waals surface area contributed by atoms with Gasteiger partial charge in [-0.3, -0.25) is 0 Å². The van der Waals surface area contributed by atoms with Crippen LogP contribution in [0.1, 0.15) is 23.6 Å². The van der Waals surface area contributed by atoms with Crippen LogP contribution in [0.25, 0.3) is 0 Å². The highest BCUT2D eigenvalue weighted by molar-refractivity contribution is 5.39. The van der Waals surface area contributed by atoms with Crippen LogP contribution >= 0.6 is 0 Å². The predicted octanol–water partition coefficient (Wildman–Crippen LogP) is 2.32. The lowest BCUT2D eigenvalue weighted by atomic mass is 10.0. The summed E-state index contributed by atoms with van der Waals surface area (Å²) >= 11 is 0. The Morgan fingerprint density at radius 1 is 1.21 bits per heavy atom. The van der Waals surface area contributed by atoms with Crippen LogP contribution in [0.2, 0.25) is 0 Å². The van der Waals surface area contributed by atoms with Crippen molar-refractivity contribution in [3.8, 4) is 5.75 Å². The van der Waals surface area contributed by atoms with Gasteiger partial charge < -0.3 is 19.5 Å². The van der Waals surface area contributed by atoms with E-state index in [9.17, 15) is 0 Å². The molecule has 0 radical (unpaired) electrons. The second-order valence-corrected chi connectivity index (χ2v) is 4.51. The predicted molar refractivity (Wildman–Crippen MR) is 76.8 cm³/mol. The van der Waals surface area contributed by atoms with E-state index in [-0.39, 0.29) is 6.04 Å². The van der Waals surface area contributed by atoms with Gasteiger partial charge in [0.15, 0.2) is 0 Å². The van der Waals surface area contributed by atoms with E-state index in [1.165, 1.54) is 5.56 Å². The van der Waals surface area contributed by atoms with E-state index >= 15 is 0 Å². The van der Waals surface area contributed by atoms with Gasteiger partial charge in [0, 0.05) is 25.9 Å². The van der Waals surface area contributed by atoms with Crippen LogP contribution < -0.4 is 10.1 Å². The van der Waals surface area contributed by atoms with Gasteiger partial charge in [0.1, 0.15) is 5.75 Å². The standard InChI is InChI=1S/C15H25NO3/c1-12-6-7-15(18-4)13(10-12)14(16-2)11-19-9-5-8-17-3/h6-7,10,14,16H,5,8-9,11H2,1-4H3. The first-order chi connectivity index (χ1) is 9.22. The number of rotatable bonds is 9. The van der Waals surface area contributed by atoms with Crippen molar-refractivity contribution in [2.45, 2.75) is 19.4 Å². The maximum absolute atomic E-state index is 5.68. The molecule has 0 aliphatic heterocycles. The molecule has 4 heteroatoms. The van der Waals surface area contributed by atoms with Gasteiger partial charge in [-0.15, -0.1) is 0 Å². The molecule has 0 spiro atoms. The normalized spacial score (nSPS) is 12.4. The molecule has 0 saturated heterocycles. The highest BCUT2D eigenvalue weighted by Crippen LogP contribution is 2.26. The van der Waals surface area contributed by atoms with Gasteiger partial charge in [-0.2, -0.15) is 0 Å². The molecule has 0 aliphatic rings. The van der Waals surface area contributed by atoms with Crippen LogP contribution in [0.3, 0.4) is 0 Å². The van der Waals surface area contributed by atoms with E-state index in [1.54, 1.807) is 14.2 Å². The largest absolute Gasteiger partial charge is 0.496 e. The molecule has 0 bridgehead atoms. The van der Waals surface area contributed by atoms with Crippen molar-refractivity contribution < 1.29 is 14.2 Å². The van der Waals surface area contributed by atoms with Gasteiger partial charge in [0.2, 0.25) is 0 Å². The minimum atomic E-state index is 0.136. The first-order valence-corrected chi connectivity index (χ1v) is 6.61. The summed E-state index contributed by atoms with van der Waals surface area (Å²) in [5, 5.41) is 3.27. The van der Waals surface area contributed by atoms with Gasteiger partial charge in [-0.1, -0.05) is 17.7 Å². The number of benzene rings is 1. The van der Waals surface area contributed by atoms with Crippen molar-refractivity contribution in [1.29, 1.82) is 0 Å². The molecule has 1 atom stereocenters. The zero-order chi connectivity index (χ0) is 14.1. The minimum absolute atomic E-state index is 0.136. The SMILES string of the molecule is CNC(COCCCOC)c1cc(C)ccc1OC. The molecule has 0 heterocycles. The maximum atomic E-state index is 5.68. The van der Waals surface area contributed by atoms with E-state index < -0.39 is 0 Å². The number of aryl methyl sites for hydroxylation is 1. The van der Waals surface area contributed by atoms with E-state index in [2.05, 4.69) is 24.4 Å². The third-order valence-electron chi connectivity index (χ3n) is 3.03. The monoisotopic (exact) mass is 267 g/mol. The lowest BCUT2D eigenvalue weighted by Gasteiger charge is -2.20. The number of nitrogens with one attached hydrogen (secondary N) is 1. The number of hydrogen-bond donors (Lipinski definition) is 1. The van der Waals surface area contributed by atoms with Crippen LogP contribution in [0.15, 0.2) is 18.2 Å². The summed E-state index contributed by atoms with van der Waals surface area (Å²) < 4.78 is 16.1. The van der Waals surface area contributed by atoms with Gasteiger partial charge >= 0.3 is 0 Å². The van der Waals surface area contributed by atoms with Crippen LogP contribution in [0.5, 0.6) is 5.75 Å². The fourth-order valence-corrected chi connectivity index (χ4v) is 1.96. The Morgan fingerprint density at radius 3 is 2.63 bits per heavy atom. The summed E-state index contributed by atoms with van der Waals surface area (Å²) in [7, 11) is 5.33. The Labute approximate surface area is 116 Å². The molecule has 1 N–H and O–H groups in total. The van der Waals surface area contributed by atoms with Crippen LogP contribution in [0, 0.1) is 6.92 Å². The van der Waals surface area contributed by atoms with Crippen LogP contribution in [-0.4, -0.2) is 41.1 Å². The van der Waals surface area contributed by atoms with E-state index in [0.717, 1.165) is 24.3 Å². The molecule has 1 aromatic carbocycles. The molecule has 0 aliphatic carbocycles. The smallest absolute Gasteiger partial charge is 0.123 e. The molecular formula is C15H25NO3. The lowest BCUT2D eigenvalue weighted by molar-refractivity contribution is 0.0884. The molecule has 4 nitrogen and oxygen atoms in total. The average Bonchev–Trinajstić information content (AvgIpc) is 2.43. The number of methoxy groups -OCH3 is 2. The summed E-state index contributed by atoms with van der Waals surface area (Å²) in [6.45, 7) is 4.15. The third-order valence-corrected chi connectivity index (χ3v) is 3.03. The highest BCUT2D eigenvalue weighted by Gasteiger charge is 2.14. The summed E-state index contributed by atoms with van der Waals surface area (Å²) in [5.74, 6) is 0.894. The van der Waals surface area contributed by atoms with Gasteiger partial charge in [0.05, 0.1) is 19.8 Å². The Bertz CT molecular complexity index is 368. The summed E-state index contributed by atoms with van der Waals surface area (Å²) in [4.78, 5) is 0. The Kier molecular flexibility index (Phi) is 7.48. The van der Waals surface area contributed by atoms with Gasteiger partial charge in [-0.25, -0.2) is 0 Å². The summed E-state index contributed by atoms with van der Waals surface area (Å²) in [6.07, 6.45) is 0.915. The maximum Gasteiger partial charge on any atom is 0.123 e. The van der Waals surface area contributed by atoms with Crippen LogP contribution in [-0.2, 0) is 9.47 Å². The van der Waals surface area contributed by atoms with Crippen molar-refractivity contribution >= 4 is 0 Å². The zero-order valence-electron chi connectivity index (χ0n) is 12.4. The van der Waals surface area contributed by atoms with E-state index in [1.807, 2.05) is 13.1 Å². The Morgan fingerprint density at radius 2 is 2.00 bits per heavy atom. The minimum Gasteiger partial charge on any atom is -0.496 e. The molecule has 1 rings (SSSR count). The lowest BCUT2D eigenvalue weighted by Crippen LogP contribution is -2.23. The molecular weight excluding hydrogens is 242 g/mol. The van der Waals surface area contributed by atoms with Crippen molar-refractivity contribution in [2.75, 3.05) is 41.1 Å². The Hall–Kier alpha value is -1.10. The molecule has 1 aromatic rings. The van der Waals surface area contributed by atoms with Crippen molar-refractivity contribution in [1.82, 2.24) is 5.32 Å². The second-order valence-electron chi connectivity index (χ2n) is 4.51. The highest BCUT2D eigenvalue weighted by atomic mass is 16.5. The fourth-order valence-electron chi connectivity index (χ4n) is 1.96. The van der Waals surface area contributed by atoms with Crippen LogP contribution in [0.4, 0.5) is 0 Å². The number of hydrogen-bond acceptors (Lipinski definition) is 4. The Balaban J connectivity index is 2.60. The topological polar surface area (TPSA) is 39.7 Å².